The summed E-state index contributed by atoms with van der Waals surface area (Å²) >= 11 is 0. The van der Waals surface area contributed by atoms with Crippen molar-refractivity contribution in [3.05, 3.63) is 291 Å². The molecule has 12 aliphatic heterocycles. The van der Waals surface area contributed by atoms with Gasteiger partial charge in [-0.1, -0.05) is 66.7 Å². The molecule has 0 fully saturated rings. The predicted molar refractivity (Wildman–Crippen MR) is 444 cm³/mol. The van der Waals surface area contributed by atoms with Gasteiger partial charge in [-0.2, -0.15) is 0 Å². The van der Waals surface area contributed by atoms with E-state index < -0.39 is 11.9 Å². The number of aryl methyl sites for hydroxylation is 4. The van der Waals surface area contributed by atoms with Crippen LogP contribution in [0.2, 0.25) is 0 Å². The van der Waals surface area contributed by atoms with Crippen molar-refractivity contribution in [1.82, 2.24) is 0 Å². The number of carbonyl (C=O) groups is 3. The first-order chi connectivity index (χ1) is 61.5. The molecule has 12 aromatic rings. The Kier molecular flexibility index (Phi) is 23.1. The summed E-state index contributed by atoms with van der Waals surface area (Å²) in [5.74, 6) is 17.2. The van der Waals surface area contributed by atoms with E-state index in [1.54, 1.807) is 78.9 Å². The van der Waals surface area contributed by atoms with Gasteiger partial charge in [0.1, 0.15) is 6.10 Å². The van der Waals surface area contributed by atoms with Crippen molar-refractivity contribution in [2.45, 2.75) is 51.0 Å². The summed E-state index contributed by atoms with van der Waals surface area (Å²) in [7, 11) is 0. The molecule has 28 nitrogen and oxygen atoms in total. The lowest BCUT2D eigenvalue weighted by atomic mass is 9.99. The van der Waals surface area contributed by atoms with Crippen molar-refractivity contribution in [3.63, 3.8) is 0 Å². The Morgan fingerprint density at radius 1 is 0.272 bits per heavy atom. The zero-order chi connectivity index (χ0) is 84.4. The van der Waals surface area contributed by atoms with E-state index in [4.69, 9.17) is 114 Å². The van der Waals surface area contributed by atoms with Crippen LogP contribution in [0.25, 0.3) is 6.08 Å². The van der Waals surface area contributed by atoms with E-state index in [1.165, 1.54) is 39.5 Å². The number of para-hydroxylation sites is 1. The summed E-state index contributed by atoms with van der Waals surface area (Å²) in [4.78, 5) is 37.0. The molecule has 24 rings (SSSR count). The van der Waals surface area contributed by atoms with Gasteiger partial charge in [0.2, 0.25) is 81.5 Å². The van der Waals surface area contributed by atoms with Crippen LogP contribution in [0.15, 0.2) is 224 Å². The molecular formula is C97H78O28. The van der Waals surface area contributed by atoms with E-state index in [1.807, 2.05) is 91.0 Å². The number of aliphatic hydroxyl groups is 1. The quantitative estimate of drug-likeness (QED) is 0.0616. The number of fused-ring (bicyclic) bond motifs is 12. The fourth-order valence-corrected chi connectivity index (χ4v) is 14.8. The Morgan fingerprint density at radius 3 is 1.06 bits per heavy atom. The summed E-state index contributed by atoms with van der Waals surface area (Å²) in [6.07, 6.45) is 8.05. The van der Waals surface area contributed by atoms with Crippen molar-refractivity contribution in [1.29, 1.82) is 0 Å². The molecule has 634 valence electrons. The van der Waals surface area contributed by atoms with Gasteiger partial charge in [0.15, 0.2) is 155 Å². The highest BCUT2D eigenvalue weighted by molar-refractivity contribution is 6.07. The highest BCUT2D eigenvalue weighted by atomic mass is 16.7. The summed E-state index contributed by atoms with van der Waals surface area (Å²) in [6, 6.07) is 67.7. The Morgan fingerprint density at radius 2 is 0.592 bits per heavy atom. The lowest BCUT2D eigenvalue weighted by Crippen LogP contribution is -2.12. The van der Waals surface area contributed by atoms with E-state index in [0.29, 0.717) is 133 Å². The molecule has 1 atom stereocenters. The lowest BCUT2D eigenvalue weighted by Gasteiger charge is -2.11. The van der Waals surface area contributed by atoms with Crippen LogP contribution >= 0.6 is 0 Å². The number of benzene rings is 12. The number of carbonyl (C=O) groups excluding carboxylic acids is 3. The zero-order valence-corrected chi connectivity index (χ0v) is 66.9. The third-order valence-electron chi connectivity index (χ3n) is 21.3. The first-order valence-corrected chi connectivity index (χ1v) is 40.1. The second kappa shape index (κ2) is 36.5. The molecule has 12 aliphatic rings. The Bertz CT molecular complexity index is 5990. The van der Waals surface area contributed by atoms with Gasteiger partial charge in [0.25, 0.3) is 0 Å². The maximum absolute atomic E-state index is 12.4. The van der Waals surface area contributed by atoms with Crippen LogP contribution in [0.4, 0.5) is 0 Å². The summed E-state index contributed by atoms with van der Waals surface area (Å²) < 4.78 is 128. The highest BCUT2D eigenvalue weighted by Crippen LogP contribution is 2.44. The fraction of sp³-hybridized carbons (Fsp3) is 0.206. The second-order valence-electron chi connectivity index (χ2n) is 29.3. The Balaban J connectivity index is 0.0000000982. The second-order valence-corrected chi connectivity index (χ2v) is 29.3. The number of ketones is 3. The van der Waals surface area contributed by atoms with E-state index >= 15 is 0 Å². The molecule has 1 unspecified atom stereocenters. The maximum Gasteiger partial charge on any atom is 0.231 e. The average molecular weight is 1690 g/mol. The predicted octanol–water partition coefficient (Wildman–Crippen LogP) is 16.7. The van der Waals surface area contributed by atoms with Crippen molar-refractivity contribution in [2.24, 2.45) is 0 Å². The van der Waals surface area contributed by atoms with Crippen molar-refractivity contribution < 1.29 is 133 Å². The first kappa shape index (κ1) is 79.3. The maximum atomic E-state index is 12.4. The normalized spacial score (nSPS) is 14.7. The summed E-state index contributed by atoms with van der Waals surface area (Å²) in [5, 5.41) is 10.3. The minimum atomic E-state index is -1.28. The number of rotatable bonds is 18. The minimum absolute atomic E-state index is 0.0205. The van der Waals surface area contributed by atoms with Crippen LogP contribution in [0.5, 0.6) is 138 Å². The number of hydrogen-bond donors (Lipinski definition) is 1. The van der Waals surface area contributed by atoms with E-state index in [0.717, 1.165) is 124 Å². The summed E-state index contributed by atoms with van der Waals surface area (Å²) in [5.41, 5.74) is 11.1. The number of Topliss-reactive ketones (excluding diaryl/α,β-unsaturated/α-hetero) is 2. The third kappa shape index (κ3) is 18.6. The Hall–Kier alpha value is -15.5. The van der Waals surface area contributed by atoms with Crippen LogP contribution < -0.4 is 114 Å². The van der Waals surface area contributed by atoms with Crippen LogP contribution in [-0.4, -0.2) is 104 Å². The SMILES string of the molecule is O=C(/C=C/c1ccc2c(c1)OCO2)c1ccc2c(c1)OCO2.O=C(Cc1ccc2c(c1)OCO2)c1ccc2c(c1)OCO2.O=C(c1ccc2c(c1)OCO2)C(O)c1ccc2c(c1)OCO2.c1cc(CCCc2ccc3c(c2)OCO3)c2c(c1)OCO2.c1cc2c(cc1CCc1ccc3c(c1)OCO3)OCO2.c1cc2c(cc1Cc1ccc3c(c1)OCO3)OCO2. The molecular weight excluding hydrogens is 1610 g/mol. The van der Waals surface area contributed by atoms with Crippen molar-refractivity contribution in [2.75, 3.05) is 81.5 Å². The smallest absolute Gasteiger partial charge is 0.231 e. The van der Waals surface area contributed by atoms with Crippen LogP contribution in [0.1, 0.15) is 93.7 Å². The molecule has 28 heteroatoms. The molecule has 12 aromatic carbocycles. The van der Waals surface area contributed by atoms with E-state index in [2.05, 4.69) is 54.6 Å². The van der Waals surface area contributed by atoms with Gasteiger partial charge in [0, 0.05) is 23.1 Å². The average Bonchev–Trinajstić information content (AvgIpc) is 1.74. The van der Waals surface area contributed by atoms with Gasteiger partial charge in [0.05, 0.1) is 0 Å². The van der Waals surface area contributed by atoms with Crippen LogP contribution in [-0.2, 0) is 38.5 Å². The van der Waals surface area contributed by atoms with Gasteiger partial charge in [-0.15, -0.1) is 0 Å². The number of aliphatic hydroxyl groups excluding tert-OH is 1. The number of hydrogen-bond acceptors (Lipinski definition) is 28. The Labute approximate surface area is 714 Å². The largest absolute Gasteiger partial charge is 0.454 e. The summed E-state index contributed by atoms with van der Waals surface area (Å²) in [6.45, 7) is 3.06. The van der Waals surface area contributed by atoms with Crippen molar-refractivity contribution in [3.8, 4) is 138 Å². The molecule has 0 aliphatic carbocycles. The molecule has 0 aromatic heterocycles. The van der Waals surface area contributed by atoms with E-state index in [-0.39, 0.29) is 52.3 Å². The molecule has 0 saturated carbocycles. The number of ether oxygens (including phenoxy) is 24. The molecule has 0 saturated heterocycles. The lowest BCUT2D eigenvalue weighted by molar-refractivity contribution is 0.0746. The molecule has 0 radical (unpaired) electrons. The molecule has 12 heterocycles. The van der Waals surface area contributed by atoms with Gasteiger partial charge >= 0.3 is 0 Å². The minimum Gasteiger partial charge on any atom is -0.454 e. The molecule has 0 bridgehead atoms. The van der Waals surface area contributed by atoms with E-state index in [9.17, 15) is 19.5 Å². The molecule has 1 N–H and O–H groups in total. The molecule has 125 heavy (non-hydrogen) atoms. The van der Waals surface area contributed by atoms with Crippen molar-refractivity contribution >= 4 is 23.4 Å². The number of allylic oxidation sites excluding steroid dienone is 1. The van der Waals surface area contributed by atoms with Gasteiger partial charge in [-0.25, -0.2) is 0 Å². The zero-order valence-electron chi connectivity index (χ0n) is 66.9. The van der Waals surface area contributed by atoms with Crippen LogP contribution in [0.3, 0.4) is 0 Å². The fourth-order valence-electron chi connectivity index (χ4n) is 14.8. The highest BCUT2D eigenvalue weighted by Gasteiger charge is 2.28. The topological polar surface area (TPSA) is 293 Å². The van der Waals surface area contributed by atoms with Gasteiger partial charge in [-0.05, 0) is 252 Å². The third-order valence-corrected chi connectivity index (χ3v) is 21.3. The van der Waals surface area contributed by atoms with Gasteiger partial charge in [-0.3, -0.25) is 14.4 Å². The first-order valence-electron chi connectivity index (χ1n) is 40.1. The standard InChI is InChI=1S/C17H12O5.C17H16O4.C16H12O6.C16H12O5.C16H14O4.C15H12O4/c18-13(12-3-6-15-17(8-12)22-10-20-15)4-1-11-2-5-14-16(7-11)21-9-19-14;1(3-12-7-8-14-16(9-12)20-10-18-14)4-13-5-2-6-15-17(13)21-11-19-15;17-15(9-1-3-11-13(5-9)21-7-19-11)16(18)10-2-4-12-14(6-10)22-8-20-12;17-12(11-2-4-14-16(7-11)21-9-19-14)5-10-1-3-13-15(6-10)20-8-18-13;1(11-3-5-13-15(7-11)19-9-17-13)2-12-4-6-14-16(8-12)20-10-18-14;1-3-12-14(18-8-16-12)6-10(1)5-11-2-4-13-15(7-11)19-9-17-13/h1-8H,9-10H2;2,5-9H,1,3-4,10-11H2;1-6,15,17H,7-8H2;1-4,6-7H,5,8-9H2;3-8H,1-2,9-10H2;1-4,6-7H,5,8-9H2/b4-1+;;;;;. The monoisotopic (exact) mass is 1690 g/mol. The molecule has 0 spiro atoms. The van der Waals surface area contributed by atoms with Crippen LogP contribution in [0, 0.1) is 0 Å². The van der Waals surface area contributed by atoms with Gasteiger partial charge < -0.3 is 119 Å². The molecule has 0 amide bonds.